The van der Waals surface area contributed by atoms with E-state index in [1.165, 1.54) is 76.0 Å². The van der Waals surface area contributed by atoms with E-state index in [0.29, 0.717) is 42.9 Å². The van der Waals surface area contributed by atoms with Crippen molar-refractivity contribution in [2.45, 2.75) is 39.3 Å². The molecule has 25 heteroatoms. The van der Waals surface area contributed by atoms with E-state index in [0.717, 1.165) is 79.3 Å². The van der Waals surface area contributed by atoms with Crippen molar-refractivity contribution in [2.75, 3.05) is 0 Å². The number of hydrogen-bond acceptors (Lipinski definition) is 16. The Balaban J connectivity index is 0.000000118. The molecule has 0 radical (unpaired) electrons. The third-order valence-corrected chi connectivity index (χ3v) is 19.1. The van der Waals surface area contributed by atoms with Crippen molar-refractivity contribution in [1.29, 1.82) is 5.26 Å². The maximum Gasteiger partial charge on any atom is 0.137 e. The summed E-state index contributed by atoms with van der Waals surface area (Å²) in [4.78, 5) is 23.5. The lowest BCUT2D eigenvalue weighted by molar-refractivity contribution is 0.475. The first-order valence-electron chi connectivity index (χ1n) is 37.8. The van der Waals surface area contributed by atoms with Crippen LogP contribution in [0.4, 0.5) is 8.78 Å². The van der Waals surface area contributed by atoms with E-state index in [1.807, 2.05) is 102 Å². The number of phenolic OH excluding ortho intramolecular Hbond substituents is 3. The molecule has 120 heavy (non-hydrogen) atoms. The third kappa shape index (κ3) is 22.9. The molecule has 0 saturated carbocycles. The van der Waals surface area contributed by atoms with E-state index in [4.69, 9.17) is 11.6 Å². The van der Waals surface area contributed by atoms with Crippen molar-refractivity contribution >= 4 is 22.4 Å². The molecular formula is C95H76ClF2N19O3. The lowest BCUT2D eigenvalue weighted by atomic mass is 9.99. The molecule has 22 nitrogen and oxygen atoms in total. The fourth-order valence-electron chi connectivity index (χ4n) is 12.9. The standard InChI is InChI=1S/C19H15N3.C16H12N4O.C15H12ClN3.C15H12FN3O.C15H12FN3.C15H13N3O/c1-2-6-18-11-19(9-8-16(18)5-1)17-7-3-4-15(10-17)12-22-14-20-13-21-22;17-8-14-5-4-13(12-2-1-3-16(21)7-12)6-15(14)9-20-11-18-10-19-20;16-15-6-4-13(5-7-15)14-3-1-2-12(8-14)9-19-11-17-10-18-19;16-15-6-3-12(11-1-4-14(20)5-2-11)7-13(15)8-19-10-17-9-18-19;16-15-7-6-13(12-4-2-1-3-5-12)8-14(15)9-19-11-17-10-18-19;19-15-6-4-13(5-7-15)14-3-1-2-12(8-14)9-18-11-16-10-17-18/h1-11,13-14H,12H2;1-7,10-11,21H,9H2;1-8,10-11H,9H2;1-7,9-10,20H,8H2;1-8,10-11H,9H2;1-8,10-11,19H,9H2. The summed E-state index contributed by atoms with van der Waals surface area (Å²) in [5.41, 5.74) is 18.9. The SMILES string of the molecule is Clc1ccc(-c2cccc(Cn3cncn3)c2)cc1.Fc1ccc(-c2ccccc2)cc1Cn1cncn1.N#Cc1ccc(-c2cccc(O)c2)cc1Cn1cncn1.Oc1ccc(-c2ccc(F)c(Cn3cncn3)c2)cc1.Oc1ccc(-c2cccc(Cn3cncn3)c2)cc1.c1cc(Cn2cncn2)cc(-c2ccc3ccccc3c2)c1. The Morgan fingerprint density at radius 1 is 0.267 bits per heavy atom. The Morgan fingerprint density at radius 2 is 0.575 bits per heavy atom. The van der Waals surface area contributed by atoms with Gasteiger partial charge in [0, 0.05) is 16.1 Å². The quantitative estimate of drug-likeness (QED) is 0.0720. The highest BCUT2D eigenvalue weighted by molar-refractivity contribution is 6.30. The zero-order chi connectivity index (χ0) is 82.6. The third-order valence-electron chi connectivity index (χ3n) is 18.9. The second-order valence-corrected chi connectivity index (χ2v) is 27.8. The van der Waals surface area contributed by atoms with E-state index in [-0.39, 0.29) is 28.9 Å². The second-order valence-electron chi connectivity index (χ2n) is 27.3. The molecule has 19 aromatic rings. The lowest BCUT2D eigenvalue weighted by Crippen LogP contribution is -2.02. The molecule has 0 amide bonds. The largest absolute Gasteiger partial charge is 0.508 e. The number of halogens is 3. The number of nitriles is 1. The van der Waals surface area contributed by atoms with Crippen LogP contribution < -0.4 is 0 Å². The number of phenols is 3. The van der Waals surface area contributed by atoms with Gasteiger partial charge in [-0.3, -0.25) is 0 Å². The van der Waals surface area contributed by atoms with Crippen LogP contribution in [-0.2, 0) is 39.3 Å². The zero-order valence-corrected chi connectivity index (χ0v) is 65.2. The topological polar surface area (TPSA) is 269 Å². The molecule has 0 bridgehead atoms. The highest BCUT2D eigenvalue weighted by Crippen LogP contribution is 2.31. The van der Waals surface area contributed by atoms with Crippen molar-refractivity contribution < 1.29 is 24.1 Å². The van der Waals surface area contributed by atoms with E-state index in [1.54, 1.807) is 153 Å². The average molecular weight is 1610 g/mol. The molecule has 19 rings (SSSR count). The van der Waals surface area contributed by atoms with Crippen molar-refractivity contribution in [3.63, 3.8) is 0 Å². The summed E-state index contributed by atoms with van der Waals surface area (Å²) < 4.78 is 37.9. The minimum absolute atomic E-state index is 0.207. The predicted molar refractivity (Wildman–Crippen MR) is 458 cm³/mol. The number of hydrogen-bond donors (Lipinski definition) is 3. The van der Waals surface area contributed by atoms with Crippen LogP contribution in [0.3, 0.4) is 0 Å². The van der Waals surface area contributed by atoms with E-state index < -0.39 is 0 Å². The van der Waals surface area contributed by atoms with Crippen molar-refractivity contribution in [3.05, 3.63) is 429 Å². The molecule has 0 aliphatic carbocycles. The van der Waals surface area contributed by atoms with Gasteiger partial charge in [-0.15, -0.1) is 0 Å². The summed E-state index contributed by atoms with van der Waals surface area (Å²) in [6, 6.07) is 96.9. The van der Waals surface area contributed by atoms with Crippen LogP contribution in [0.5, 0.6) is 17.2 Å². The molecule has 0 spiro atoms. The molecule has 0 aliphatic heterocycles. The summed E-state index contributed by atoms with van der Waals surface area (Å²) in [6.07, 6.45) is 18.9. The minimum atomic E-state index is -0.275. The summed E-state index contributed by atoms with van der Waals surface area (Å²) in [5.74, 6) is 0.203. The zero-order valence-electron chi connectivity index (χ0n) is 64.4. The molecule has 6 heterocycles. The molecule has 0 fully saturated rings. The van der Waals surface area contributed by atoms with Gasteiger partial charge >= 0.3 is 0 Å². The molecule has 590 valence electrons. The number of rotatable bonds is 18. The van der Waals surface area contributed by atoms with Crippen LogP contribution in [0.15, 0.2) is 373 Å². The van der Waals surface area contributed by atoms with Crippen LogP contribution >= 0.6 is 11.6 Å². The molecule has 0 aliphatic rings. The van der Waals surface area contributed by atoms with Crippen LogP contribution in [0.2, 0.25) is 5.02 Å². The van der Waals surface area contributed by atoms with Gasteiger partial charge < -0.3 is 15.3 Å². The molecule has 13 aromatic carbocycles. The van der Waals surface area contributed by atoms with Gasteiger partial charge in [0.2, 0.25) is 0 Å². The van der Waals surface area contributed by atoms with E-state index >= 15 is 0 Å². The number of benzene rings is 13. The number of aromatic hydroxyl groups is 3. The van der Waals surface area contributed by atoms with Crippen LogP contribution in [0, 0.1) is 23.0 Å². The van der Waals surface area contributed by atoms with Gasteiger partial charge in [-0.25, -0.2) is 66.8 Å². The first kappa shape index (κ1) is 80.6. The maximum absolute atomic E-state index is 13.8. The Morgan fingerprint density at radius 3 is 0.992 bits per heavy atom. The number of aromatic nitrogens is 18. The van der Waals surface area contributed by atoms with Crippen LogP contribution in [0.1, 0.15) is 38.9 Å². The molecule has 0 unspecified atom stereocenters. The fraction of sp³-hybridized carbons (Fsp3) is 0.0632. The Kier molecular flexibility index (Phi) is 27.1. The highest BCUT2D eigenvalue weighted by Gasteiger charge is 2.13. The molecule has 6 aromatic heterocycles. The number of nitrogens with zero attached hydrogens (tertiary/aromatic N) is 19. The second kappa shape index (κ2) is 40.3. The van der Waals surface area contributed by atoms with Gasteiger partial charge in [-0.2, -0.15) is 35.9 Å². The first-order valence-corrected chi connectivity index (χ1v) is 38.2. The molecular weight excluding hydrogens is 1530 g/mol. The summed E-state index contributed by atoms with van der Waals surface area (Å²) in [5, 5.41) is 65.1. The number of fused-ring (bicyclic) bond motifs is 1. The molecule has 0 atom stereocenters. The monoisotopic (exact) mass is 1600 g/mol. The Labute approximate surface area is 694 Å². The predicted octanol–water partition coefficient (Wildman–Crippen LogP) is 19.0. The van der Waals surface area contributed by atoms with E-state index in [2.05, 4.69) is 176 Å². The van der Waals surface area contributed by atoms with Crippen molar-refractivity contribution in [3.8, 4) is 90.1 Å². The highest BCUT2D eigenvalue weighted by atomic mass is 35.5. The maximum atomic E-state index is 13.8. The van der Waals surface area contributed by atoms with Crippen LogP contribution in [0.25, 0.3) is 77.5 Å². The smallest absolute Gasteiger partial charge is 0.137 e. The first-order chi connectivity index (χ1) is 58.8. The molecule has 0 saturated heterocycles. The average Bonchev–Trinajstić information content (AvgIpc) is 1.13. The summed E-state index contributed by atoms with van der Waals surface area (Å²) in [7, 11) is 0. The van der Waals surface area contributed by atoms with Crippen molar-refractivity contribution in [1.82, 2.24) is 88.6 Å². The van der Waals surface area contributed by atoms with Gasteiger partial charge in [0.15, 0.2) is 0 Å². The molecule has 3 N–H and O–H groups in total. The normalized spacial score (nSPS) is 10.6. The Hall–Kier alpha value is -16.0. The minimum Gasteiger partial charge on any atom is -0.508 e. The van der Waals surface area contributed by atoms with Gasteiger partial charge in [0.1, 0.15) is 105 Å². The van der Waals surface area contributed by atoms with E-state index in [9.17, 15) is 29.4 Å². The van der Waals surface area contributed by atoms with Gasteiger partial charge in [0.05, 0.1) is 50.9 Å². The Bertz CT molecular complexity index is 6320. The summed E-state index contributed by atoms with van der Waals surface area (Å²) in [6.45, 7) is 3.36. The van der Waals surface area contributed by atoms with Crippen LogP contribution in [-0.4, -0.2) is 104 Å². The van der Waals surface area contributed by atoms with Gasteiger partial charge in [0.25, 0.3) is 0 Å². The van der Waals surface area contributed by atoms with Gasteiger partial charge in [-0.05, 0) is 209 Å². The summed E-state index contributed by atoms with van der Waals surface area (Å²) >= 11 is 5.91. The fourth-order valence-corrected chi connectivity index (χ4v) is 13.0. The van der Waals surface area contributed by atoms with Crippen molar-refractivity contribution in [2.24, 2.45) is 0 Å². The lowest BCUT2D eigenvalue weighted by Gasteiger charge is -2.08. The van der Waals surface area contributed by atoms with Gasteiger partial charge in [-0.1, -0.05) is 200 Å².